The average molecular weight is 309 g/mol. The molecule has 4 nitrogen and oxygen atoms in total. The third kappa shape index (κ3) is 2.18. The third-order valence-corrected chi connectivity index (χ3v) is 3.29. The summed E-state index contributed by atoms with van der Waals surface area (Å²) in [7, 11) is 0. The van der Waals surface area contributed by atoms with Gasteiger partial charge < -0.3 is 0 Å². The normalized spacial score (nSPS) is 10.6. The van der Waals surface area contributed by atoms with Gasteiger partial charge in [0.2, 0.25) is 0 Å². The quantitative estimate of drug-likeness (QED) is 0.852. The lowest BCUT2D eigenvalue weighted by Gasteiger charge is -2.14. The SMILES string of the molecule is CCn1c(=O)cc(Br)c(=O)n1-c1ccc(C)cc1. The molecule has 0 radical (unpaired) electrons. The fourth-order valence-electron chi connectivity index (χ4n) is 1.79. The van der Waals surface area contributed by atoms with E-state index in [0.717, 1.165) is 5.56 Å². The molecule has 5 heteroatoms. The zero-order chi connectivity index (χ0) is 13.3. The van der Waals surface area contributed by atoms with E-state index in [2.05, 4.69) is 15.9 Å². The van der Waals surface area contributed by atoms with Crippen LogP contribution in [0.1, 0.15) is 12.5 Å². The van der Waals surface area contributed by atoms with Crippen LogP contribution < -0.4 is 11.1 Å². The van der Waals surface area contributed by atoms with Crippen LogP contribution in [0.25, 0.3) is 5.69 Å². The maximum Gasteiger partial charge on any atom is 0.284 e. The van der Waals surface area contributed by atoms with Crippen molar-refractivity contribution in [2.45, 2.75) is 20.4 Å². The Kier molecular flexibility index (Phi) is 3.52. The summed E-state index contributed by atoms with van der Waals surface area (Å²) in [6, 6.07) is 8.78. The minimum absolute atomic E-state index is 0.204. The molecule has 18 heavy (non-hydrogen) atoms. The molecular formula is C13H13BrN2O2. The van der Waals surface area contributed by atoms with Gasteiger partial charge in [0.15, 0.2) is 0 Å². The van der Waals surface area contributed by atoms with Crippen molar-refractivity contribution in [3.8, 4) is 5.69 Å². The van der Waals surface area contributed by atoms with E-state index in [4.69, 9.17) is 0 Å². The summed E-state index contributed by atoms with van der Waals surface area (Å²) in [4.78, 5) is 24.0. The molecule has 0 aliphatic carbocycles. The molecule has 0 saturated carbocycles. The molecule has 0 fully saturated rings. The highest BCUT2D eigenvalue weighted by atomic mass is 79.9. The van der Waals surface area contributed by atoms with Crippen LogP contribution in [0.4, 0.5) is 0 Å². The summed E-state index contributed by atoms with van der Waals surface area (Å²) in [6.07, 6.45) is 0. The molecule has 1 aromatic heterocycles. The summed E-state index contributed by atoms with van der Waals surface area (Å²) >= 11 is 3.13. The molecule has 0 spiro atoms. The van der Waals surface area contributed by atoms with Crippen molar-refractivity contribution in [3.63, 3.8) is 0 Å². The monoisotopic (exact) mass is 308 g/mol. The first kappa shape index (κ1) is 12.8. The Hall–Kier alpha value is -1.62. The Morgan fingerprint density at radius 1 is 1.17 bits per heavy atom. The predicted octanol–water partition coefficient (Wildman–Crippen LogP) is 2.09. The van der Waals surface area contributed by atoms with Crippen molar-refractivity contribution in [2.75, 3.05) is 0 Å². The molecule has 0 atom stereocenters. The summed E-state index contributed by atoms with van der Waals surface area (Å²) < 4.78 is 3.08. The second kappa shape index (κ2) is 4.94. The van der Waals surface area contributed by atoms with E-state index < -0.39 is 0 Å². The lowest BCUT2D eigenvalue weighted by Crippen LogP contribution is -2.37. The molecule has 1 heterocycles. The van der Waals surface area contributed by atoms with Crippen molar-refractivity contribution in [1.29, 1.82) is 0 Å². The zero-order valence-electron chi connectivity index (χ0n) is 10.2. The maximum atomic E-state index is 12.1. The summed E-state index contributed by atoms with van der Waals surface area (Å²) in [6.45, 7) is 4.25. The summed E-state index contributed by atoms with van der Waals surface area (Å²) in [5.74, 6) is 0. The highest BCUT2D eigenvalue weighted by Gasteiger charge is 2.10. The van der Waals surface area contributed by atoms with Crippen LogP contribution in [0.5, 0.6) is 0 Å². The first-order valence-corrected chi connectivity index (χ1v) is 6.43. The van der Waals surface area contributed by atoms with Gasteiger partial charge in [-0.3, -0.25) is 9.59 Å². The largest absolute Gasteiger partial charge is 0.284 e. The molecule has 0 bridgehead atoms. The molecule has 2 aromatic rings. The van der Waals surface area contributed by atoms with E-state index in [1.165, 1.54) is 15.4 Å². The van der Waals surface area contributed by atoms with Crippen LogP contribution in [0.3, 0.4) is 0 Å². The van der Waals surface area contributed by atoms with Crippen molar-refractivity contribution in [1.82, 2.24) is 9.36 Å². The maximum absolute atomic E-state index is 12.1. The summed E-state index contributed by atoms with van der Waals surface area (Å²) in [5.41, 5.74) is 1.35. The summed E-state index contributed by atoms with van der Waals surface area (Å²) in [5, 5.41) is 0. The lowest BCUT2D eigenvalue weighted by molar-refractivity contribution is 0.527. The number of hydrogen-bond acceptors (Lipinski definition) is 2. The minimum atomic E-state index is -0.236. The third-order valence-electron chi connectivity index (χ3n) is 2.72. The molecule has 94 valence electrons. The van der Waals surface area contributed by atoms with Gasteiger partial charge in [0, 0.05) is 12.6 Å². The number of aromatic nitrogens is 2. The Balaban J connectivity index is 2.81. The fourth-order valence-corrected chi connectivity index (χ4v) is 2.16. The van der Waals surface area contributed by atoms with E-state index in [9.17, 15) is 9.59 Å². The van der Waals surface area contributed by atoms with Gasteiger partial charge in [0.25, 0.3) is 11.1 Å². The smallest absolute Gasteiger partial charge is 0.268 e. The minimum Gasteiger partial charge on any atom is -0.268 e. The van der Waals surface area contributed by atoms with E-state index in [1.807, 2.05) is 38.1 Å². The number of halogens is 1. The van der Waals surface area contributed by atoms with E-state index in [-0.39, 0.29) is 15.6 Å². The van der Waals surface area contributed by atoms with Gasteiger partial charge >= 0.3 is 0 Å². The Bertz CT molecular complexity index is 684. The van der Waals surface area contributed by atoms with E-state index in [0.29, 0.717) is 12.2 Å². The predicted molar refractivity (Wildman–Crippen MR) is 74.4 cm³/mol. The standard InChI is InChI=1S/C13H13BrN2O2/c1-3-15-12(17)8-11(14)13(18)16(15)10-6-4-9(2)5-7-10/h4-8H,3H2,1-2H3. The van der Waals surface area contributed by atoms with Crippen LogP contribution in [0.2, 0.25) is 0 Å². The van der Waals surface area contributed by atoms with Crippen LogP contribution in [-0.2, 0) is 6.54 Å². The molecule has 0 N–H and O–H groups in total. The van der Waals surface area contributed by atoms with Gasteiger partial charge in [-0.15, -0.1) is 0 Å². The van der Waals surface area contributed by atoms with Gasteiger partial charge in [-0.2, -0.15) is 0 Å². The average Bonchev–Trinajstić information content (AvgIpc) is 2.35. The van der Waals surface area contributed by atoms with Gasteiger partial charge in [0.1, 0.15) is 0 Å². The number of aryl methyl sites for hydroxylation is 1. The fraction of sp³-hybridized carbons (Fsp3) is 0.231. The number of benzene rings is 1. The molecule has 1 aromatic carbocycles. The van der Waals surface area contributed by atoms with Gasteiger partial charge in [-0.05, 0) is 41.9 Å². The number of hydrogen-bond donors (Lipinski definition) is 0. The van der Waals surface area contributed by atoms with Gasteiger partial charge in [-0.1, -0.05) is 17.7 Å². The molecule has 0 saturated heterocycles. The molecule has 0 amide bonds. The van der Waals surface area contributed by atoms with Gasteiger partial charge in [0.05, 0.1) is 10.2 Å². The second-order valence-electron chi connectivity index (χ2n) is 4.00. The second-order valence-corrected chi connectivity index (χ2v) is 4.85. The highest BCUT2D eigenvalue weighted by molar-refractivity contribution is 9.10. The van der Waals surface area contributed by atoms with Crippen LogP contribution in [0.15, 0.2) is 44.4 Å². The van der Waals surface area contributed by atoms with E-state index in [1.54, 1.807) is 0 Å². The van der Waals surface area contributed by atoms with Crippen molar-refractivity contribution in [2.24, 2.45) is 0 Å². The molecular weight excluding hydrogens is 296 g/mol. The number of rotatable bonds is 2. The Morgan fingerprint density at radius 2 is 1.78 bits per heavy atom. The topological polar surface area (TPSA) is 44.0 Å². The zero-order valence-corrected chi connectivity index (χ0v) is 11.8. The van der Waals surface area contributed by atoms with Crippen molar-refractivity contribution in [3.05, 3.63) is 61.1 Å². The first-order chi connectivity index (χ1) is 8.54. The van der Waals surface area contributed by atoms with E-state index >= 15 is 0 Å². The molecule has 2 rings (SSSR count). The van der Waals surface area contributed by atoms with Crippen LogP contribution >= 0.6 is 15.9 Å². The molecule has 0 aliphatic heterocycles. The lowest BCUT2D eigenvalue weighted by atomic mass is 10.2. The van der Waals surface area contributed by atoms with Crippen molar-refractivity contribution < 1.29 is 0 Å². The van der Waals surface area contributed by atoms with Crippen molar-refractivity contribution >= 4 is 15.9 Å². The molecule has 0 unspecified atom stereocenters. The Morgan fingerprint density at radius 3 is 2.33 bits per heavy atom. The number of nitrogens with zero attached hydrogens (tertiary/aromatic N) is 2. The molecule has 0 aliphatic rings. The van der Waals surface area contributed by atoms with Crippen LogP contribution in [0, 0.1) is 6.92 Å². The Labute approximate surface area is 113 Å². The van der Waals surface area contributed by atoms with Crippen LogP contribution in [-0.4, -0.2) is 9.36 Å². The highest BCUT2D eigenvalue weighted by Crippen LogP contribution is 2.08. The first-order valence-electron chi connectivity index (χ1n) is 5.64. The van der Waals surface area contributed by atoms with Gasteiger partial charge in [-0.25, -0.2) is 9.36 Å².